The summed E-state index contributed by atoms with van der Waals surface area (Å²) in [4.78, 5) is 30.8. The minimum atomic E-state index is -0.332. The third-order valence-electron chi connectivity index (χ3n) is 16.1. The van der Waals surface area contributed by atoms with E-state index in [1.807, 2.05) is 20.9 Å². The van der Waals surface area contributed by atoms with Gasteiger partial charge in [-0.1, -0.05) is 48.5 Å². The van der Waals surface area contributed by atoms with Crippen LogP contribution in [0.4, 0.5) is 0 Å². The van der Waals surface area contributed by atoms with Gasteiger partial charge in [0.25, 0.3) is 0 Å². The highest BCUT2D eigenvalue weighted by Gasteiger charge is 2.49. The Kier molecular flexibility index (Phi) is 5.32. The molecule has 0 radical (unpaired) electrons. The molecule has 272 valence electrons. The van der Waals surface area contributed by atoms with Crippen LogP contribution in [0.1, 0.15) is 139 Å². The van der Waals surface area contributed by atoms with Gasteiger partial charge in [-0.15, -0.1) is 0 Å². The van der Waals surface area contributed by atoms with E-state index in [0.717, 1.165) is 78.7 Å². The molecule has 0 spiro atoms. The molecule has 2 saturated carbocycles. The highest BCUT2D eigenvalue weighted by Crippen LogP contribution is 2.59. The van der Waals surface area contributed by atoms with Crippen LogP contribution in [0.5, 0.6) is 0 Å². The summed E-state index contributed by atoms with van der Waals surface area (Å²) in [6.45, 7) is 15.8. The van der Waals surface area contributed by atoms with Crippen LogP contribution >= 0.6 is 0 Å². The zero-order chi connectivity index (χ0) is 38.1. The quantitative estimate of drug-likeness (QED) is 0.156. The number of nitrogens with zero attached hydrogens (tertiary/aromatic N) is 5. The first-order valence-corrected chi connectivity index (χ1v) is 20.2. The van der Waals surface area contributed by atoms with Crippen molar-refractivity contribution >= 4 is 60.2 Å². The van der Waals surface area contributed by atoms with Crippen molar-refractivity contribution in [3.63, 3.8) is 0 Å². The van der Waals surface area contributed by atoms with Crippen LogP contribution in [0, 0.1) is 22.7 Å². The number of nitriles is 2. The van der Waals surface area contributed by atoms with Gasteiger partial charge in [0.15, 0.2) is 22.2 Å². The van der Waals surface area contributed by atoms with E-state index in [9.17, 15) is 10.5 Å². The topological polar surface area (TPSA) is 94.9 Å². The SMILES string of the molecule is CC(C)(C)c1cc2c(=O)c3c4cc5c(cc4n4c(C#N)c(C#N)n6c7cc8c(cc7c7c(=O)c(c1)c2n(c34)c76)C1(C)CCC8(C)CC1)C1(C)CCC5(C)CC1. The smallest absolute Gasteiger partial charge is 0.199 e. The molecule has 0 aliphatic heterocycles. The minimum Gasteiger partial charge on any atom is -0.288 e. The first-order valence-electron chi connectivity index (χ1n) is 20.2. The van der Waals surface area contributed by atoms with E-state index in [2.05, 4.69) is 89.3 Å². The molecule has 0 unspecified atom stereocenters. The van der Waals surface area contributed by atoms with Crippen molar-refractivity contribution in [1.82, 2.24) is 13.2 Å². The number of hydrogen-bond acceptors (Lipinski definition) is 4. The van der Waals surface area contributed by atoms with Gasteiger partial charge in [-0.05, 0) is 143 Å². The Bertz CT molecular complexity index is 3160. The van der Waals surface area contributed by atoms with Gasteiger partial charge in [0.2, 0.25) is 0 Å². The third kappa shape index (κ3) is 3.38. The van der Waals surface area contributed by atoms with Crippen LogP contribution < -0.4 is 10.9 Å². The van der Waals surface area contributed by atoms with Gasteiger partial charge in [-0.25, -0.2) is 0 Å². The monoisotopic (exact) mass is 721 g/mol. The van der Waals surface area contributed by atoms with Crippen molar-refractivity contribution in [3.8, 4) is 12.1 Å². The molecule has 7 nitrogen and oxygen atoms in total. The molecule has 6 aliphatic carbocycles. The Labute approximate surface area is 318 Å². The Morgan fingerprint density at radius 3 is 1.20 bits per heavy atom. The van der Waals surface area contributed by atoms with Crippen molar-refractivity contribution < 1.29 is 0 Å². The maximum absolute atomic E-state index is 15.4. The van der Waals surface area contributed by atoms with Crippen molar-refractivity contribution in [2.45, 2.75) is 127 Å². The number of aromatic nitrogens is 3. The lowest BCUT2D eigenvalue weighted by Gasteiger charge is -2.52. The first-order chi connectivity index (χ1) is 26.1. The molecule has 4 bridgehead atoms. The lowest BCUT2D eigenvalue weighted by Crippen LogP contribution is -2.44. The molecule has 3 aromatic carbocycles. The van der Waals surface area contributed by atoms with Gasteiger partial charge in [0, 0.05) is 21.5 Å². The molecule has 6 aliphatic rings. The summed E-state index contributed by atoms with van der Waals surface area (Å²) in [6.07, 6.45) is 8.76. The average Bonchev–Trinajstić information content (AvgIpc) is 3.62. The fourth-order valence-electron chi connectivity index (χ4n) is 12.4. The number of hydrogen-bond donors (Lipinski definition) is 0. The summed E-state index contributed by atoms with van der Waals surface area (Å²) in [7, 11) is 0. The van der Waals surface area contributed by atoms with Crippen molar-refractivity contribution in [2.24, 2.45) is 0 Å². The summed E-state index contributed by atoms with van der Waals surface area (Å²) in [5.41, 5.74) is 9.05. The van der Waals surface area contributed by atoms with Gasteiger partial charge >= 0.3 is 0 Å². The van der Waals surface area contributed by atoms with Gasteiger partial charge in [0.1, 0.15) is 23.4 Å². The molecule has 7 heteroatoms. The van der Waals surface area contributed by atoms with Gasteiger partial charge in [-0.2, -0.15) is 10.5 Å². The summed E-state index contributed by atoms with van der Waals surface area (Å²) < 4.78 is 5.90. The van der Waals surface area contributed by atoms with Crippen LogP contribution in [-0.2, 0) is 27.1 Å². The van der Waals surface area contributed by atoms with Crippen LogP contribution in [0.3, 0.4) is 0 Å². The van der Waals surface area contributed by atoms with E-state index >= 15 is 9.59 Å². The zero-order valence-corrected chi connectivity index (χ0v) is 32.7. The van der Waals surface area contributed by atoms with Crippen molar-refractivity contribution in [1.29, 1.82) is 10.5 Å². The molecule has 5 aromatic heterocycles. The lowest BCUT2D eigenvalue weighted by atomic mass is 9.52. The first kappa shape index (κ1) is 31.9. The number of fused-ring (bicyclic) bond motifs is 10. The van der Waals surface area contributed by atoms with Crippen molar-refractivity contribution in [3.05, 3.63) is 96.0 Å². The highest BCUT2D eigenvalue weighted by atomic mass is 16.1. The van der Waals surface area contributed by atoms with Crippen LogP contribution in [-0.4, -0.2) is 13.2 Å². The number of benzene rings is 3. The second-order valence-electron chi connectivity index (χ2n) is 20.2. The summed E-state index contributed by atoms with van der Waals surface area (Å²) in [6, 6.07) is 18.0. The van der Waals surface area contributed by atoms with E-state index in [1.54, 1.807) is 0 Å². The molecular weight excluding hydrogens is 679 g/mol. The summed E-state index contributed by atoms with van der Waals surface area (Å²) in [5, 5.41) is 26.3. The average molecular weight is 722 g/mol. The molecular formula is C48H43N5O2. The van der Waals surface area contributed by atoms with E-state index in [0.29, 0.717) is 38.4 Å². The predicted octanol–water partition coefficient (Wildman–Crippen LogP) is 9.90. The van der Waals surface area contributed by atoms with E-state index < -0.39 is 0 Å². The van der Waals surface area contributed by atoms with Gasteiger partial charge in [-0.3, -0.25) is 22.8 Å². The molecule has 55 heavy (non-hydrogen) atoms. The van der Waals surface area contributed by atoms with Crippen LogP contribution in [0.15, 0.2) is 46.0 Å². The molecule has 0 N–H and O–H groups in total. The number of pyridine rings is 2. The molecule has 0 saturated heterocycles. The minimum absolute atomic E-state index is 0.00416. The number of rotatable bonds is 0. The molecule has 5 heterocycles. The fraction of sp³-hybridized carbons (Fsp3) is 0.417. The fourth-order valence-corrected chi connectivity index (χ4v) is 12.4. The Hall–Kier alpha value is -5.40. The van der Waals surface area contributed by atoms with E-state index in [1.165, 1.54) is 22.3 Å². The highest BCUT2D eigenvalue weighted by molar-refractivity contribution is 6.19. The Morgan fingerprint density at radius 1 is 0.527 bits per heavy atom. The van der Waals surface area contributed by atoms with Crippen LogP contribution in [0.25, 0.3) is 60.2 Å². The predicted molar refractivity (Wildman–Crippen MR) is 219 cm³/mol. The normalized spacial score (nSPS) is 27.4. The molecule has 2 fully saturated rings. The maximum atomic E-state index is 15.4. The second-order valence-corrected chi connectivity index (χ2v) is 20.2. The largest absolute Gasteiger partial charge is 0.288 e. The zero-order valence-electron chi connectivity index (χ0n) is 32.7. The molecule has 14 rings (SSSR count). The van der Waals surface area contributed by atoms with E-state index in [4.69, 9.17) is 0 Å². The Morgan fingerprint density at radius 2 is 0.873 bits per heavy atom. The third-order valence-corrected chi connectivity index (χ3v) is 16.1. The van der Waals surface area contributed by atoms with Crippen LogP contribution in [0.2, 0.25) is 0 Å². The maximum Gasteiger partial charge on any atom is 0.199 e. The van der Waals surface area contributed by atoms with Gasteiger partial charge < -0.3 is 0 Å². The van der Waals surface area contributed by atoms with Gasteiger partial charge in [0.05, 0.1) is 27.3 Å². The Balaban J connectivity index is 1.44. The second kappa shape index (κ2) is 9.17. The van der Waals surface area contributed by atoms with Crippen molar-refractivity contribution in [2.75, 3.05) is 0 Å². The molecule has 0 amide bonds. The molecule has 0 atom stereocenters. The standard InChI is InChI=1S/C48H43N5O2/c1-44(2,3)24-16-27-39-28(17-24)41(55)38-26-19-30-32(48(7)14-10-46(30,5)11-15-48)21-34(26)52-36(23-50)35(22-49)51-33-20-31-29(45(4)8-12-47(31,6)13-9-45)18-25(33)37(40(27)54)42(51)53(39)43(38)52/h16-21H,8-15H2,1-7H3. The lowest BCUT2D eigenvalue weighted by molar-refractivity contribution is 0.188. The summed E-state index contributed by atoms with van der Waals surface area (Å²) in [5.74, 6) is 0. The van der Waals surface area contributed by atoms with E-state index in [-0.39, 0.29) is 49.3 Å². The summed E-state index contributed by atoms with van der Waals surface area (Å²) >= 11 is 0. The molecule has 8 aromatic rings.